The number of hydrogen-bond acceptors (Lipinski definition) is 2. The van der Waals surface area contributed by atoms with Crippen molar-refractivity contribution in [3.8, 4) is 0 Å². The topological polar surface area (TPSA) is 29.3 Å². The highest BCUT2D eigenvalue weighted by atomic mass is 15.1. The molecule has 22 heavy (non-hydrogen) atoms. The lowest BCUT2D eigenvalue weighted by atomic mass is 9.87. The Balaban J connectivity index is 1.74. The van der Waals surface area contributed by atoms with E-state index in [2.05, 4.69) is 67.3 Å². The summed E-state index contributed by atoms with van der Waals surface area (Å²) < 4.78 is 0. The van der Waals surface area contributed by atoms with Gasteiger partial charge in [0.15, 0.2) is 0 Å². The third kappa shape index (κ3) is 3.57. The van der Waals surface area contributed by atoms with E-state index in [1.807, 2.05) is 0 Å². The fraction of sp³-hybridized carbons (Fsp3) is 0.400. The fourth-order valence-corrected chi connectivity index (χ4v) is 3.46. The van der Waals surface area contributed by atoms with Crippen molar-refractivity contribution in [3.63, 3.8) is 0 Å². The van der Waals surface area contributed by atoms with Gasteiger partial charge >= 0.3 is 0 Å². The number of likely N-dealkylation sites (tertiary alicyclic amines) is 1. The molecule has 1 saturated heterocycles. The number of benzene rings is 2. The Bertz CT molecular complexity index is 621. The minimum atomic E-state index is 0.268. The number of nitrogens with two attached hydrogens (primary N) is 1. The second-order valence-electron chi connectivity index (χ2n) is 6.72. The summed E-state index contributed by atoms with van der Waals surface area (Å²) in [5, 5.41) is 0. The van der Waals surface area contributed by atoms with Gasteiger partial charge in [0.05, 0.1) is 0 Å². The van der Waals surface area contributed by atoms with Crippen LogP contribution >= 0.6 is 0 Å². The van der Waals surface area contributed by atoms with Crippen LogP contribution in [0.4, 0.5) is 0 Å². The van der Waals surface area contributed by atoms with E-state index in [4.69, 9.17) is 5.73 Å². The van der Waals surface area contributed by atoms with Gasteiger partial charge in [-0.3, -0.25) is 4.90 Å². The number of nitrogens with zero attached hydrogens (tertiary/aromatic N) is 1. The molecule has 3 rings (SSSR count). The van der Waals surface area contributed by atoms with Gasteiger partial charge in [0.1, 0.15) is 0 Å². The maximum atomic E-state index is 6.33. The van der Waals surface area contributed by atoms with Crippen LogP contribution in [0.25, 0.3) is 0 Å². The zero-order chi connectivity index (χ0) is 15.5. The maximum absolute atomic E-state index is 6.33. The smallest absolute Gasteiger partial charge is 0.0234 e. The van der Waals surface area contributed by atoms with E-state index in [1.54, 1.807) is 0 Å². The molecule has 2 atom stereocenters. The molecule has 1 aliphatic heterocycles. The fourth-order valence-electron chi connectivity index (χ4n) is 3.46. The van der Waals surface area contributed by atoms with Crippen molar-refractivity contribution in [2.45, 2.75) is 38.8 Å². The molecule has 116 valence electrons. The summed E-state index contributed by atoms with van der Waals surface area (Å²) in [5.74, 6) is 0.548. The molecule has 0 bridgehead atoms. The Morgan fingerprint density at radius 1 is 1.00 bits per heavy atom. The quantitative estimate of drug-likeness (QED) is 0.937. The normalized spacial score (nSPS) is 22.7. The van der Waals surface area contributed by atoms with Crippen molar-refractivity contribution in [2.24, 2.45) is 5.73 Å². The van der Waals surface area contributed by atoms with Gasteiger partial charge in [-0.25, -0.2) is 0 Å². The van der Waals surface area contributed by atoms with Crippen molar-refractivity contribution >= 4 is 0 Å². The van der Waals surface area contributed by atoms with Gasteiger partial charge in [-0.2, -0.15) is 0 Å². The Hall–Kier alpha value is -1.64. The summed E-state index contributed by atoms with van der Waals surface area (Å²) in [4.78, 5) is 2.50. The van der Waals surface area contributed by atoms with Gasteiger partial charge in [-0.1, -0.05) is 48.5 Å². The molecule has 1 fully saturated rings. The number of piperidine rings is 1. The van der Waals surface area contributed by atoms with Crippen LogP contribution in [0.5, 0.6) is 0 Å². The third-order valence-corrected chi connectivity index (χ3v) is 4.81. The molecule has 2 unspecified atom stereocenters. The minimum Gasteiger partial charge on any atom is -0.327 e. The van der Waals surface area contributed by atoms with Crippen LogP contribution in [0.2, 0.25) is 0 Å². The summed E-state index contributed by atoms with van der Waals surface area (Å²) in [6.07, 6.45) is 1.09. The first-order chi connectivity index (χ1) is 10.6. The van der Waals surface area contributed by atoms with Gasteiger partial charge in [0, 0.05) is 25.7 Å². The second kappa shape index (κ2) is 6.64. The summed E-state index contributed by atoms with van der Waals surface area (Å²) in [7, 11) is 0. The molecule has 0 saturated carbocycles. The highest BCUT2D eigenvalue weighted by Crippen LogP contribution is 2.28. The molecular weight excluding hydrogens is 268 g/mol. The zero-order valence-corrected chi connectivity index (χ0v) is 13.6. The lowest BCUT2D eigenvalue weighted by molar-refractivity contribution is 0.181. The van der Waals surface area contributed by atoms with Crippen LogP contribution in [0.1, 0.15) is 34.6 Å². The predicted molar refractivity (Wildman–Crippen MR) is 93.0 cm³/mol. The van der Waals surface area contributed by atoms with Crippen LogP contribution in [-0.2, 0) is 6.54 Å². The number of hydrogen-bond donors (Lipinski definition) is 1. The molecule has 1 heterocycles. The van der Waals surface area contributed by atoms with Gasteiger partial charge < -0.3 is 5.73 Å². The van der Waals surface area contributed by atoms with E-state index in [0.29, 0.717) is 5.92 Å². The summed E-state index contributed by atoms with van der Waals surface area (Å²) in [5.41, 5.74) is 11.9. The highest BCUT2D eigenvalue weighted by molar-refractivity contribution is 5.32. The molecule has 0 aliphatic carbocycles. The molecule has 2 heteroatoms. The van der Waals surface area contributed by atoms with Crippen LogP contribution < -0.4 is 5.73 Å². The Labute approximate surface area is 134 Å². The standard InChI is InChI=1S/C20H26N2/c1-15-8-9-18(10-16(15)2)19-11-20(21)14-22(13-19)12-17-6-4-3-5-7-17/h3-10,19-20H,11-14,21H2,1-2H3. The molecule has 2 aromatic rings. The van der Waals surface area contributed by atoms with E-state index in [1.165, 1.54) is 22.3 Å². The molecule has 0 radical (unpaired) electrons. The predicted octanol–water partition coefficient (Wildman–Crippen LogP) is 3.62. The molecule has 2 aromatic carbocycles. The van der Waals surface area contributed by atoms with Crippen molar-refractivity contribution in [1.29, 1.82) is 0 Å². The first-order valence-corrected chi connectivity index (χ1v) is 8.21. The monoisotopic (exact) mass is 294 g/mol. The Morgan fingerprint density at radius 3 is 2.50 bits per heavy atom. The molecule has 0 spiro atoms. The van der Waals surface area contributed by atoms with Gasteiger partial charge in [-0.05, 0) is 48.4 Å². The zero-order valence-electron chi connectivity index (χ0n) is 13.6. The van der Waals surface area contributed by atoms with Crippen LogP contribution in [-0.4, -0.2) is 24.0 Å². The van der Waals surface area contributed by atoms with E-state index in [-0.39, 0.29) is 6.04 Å². The second-order valence-corrected chi connectivity index (χ2v) is 6.72. The Kier molecular flexibility index (Phi) is 4.60. The largest absolute Gasteiger partial charge is 0.327 e. The minimum absolute atomic E-state index is 0.268. The lowest BCUT2D eigenvalue weighted by Crippen LogP contribution is -2.45. The van der Waals surface area contributed by atoms with Crippen molar-refractivity contribution in [1.82, 2.24) is 4.90 Å². The lowest BCUT2D eigenvalue weighted by Gasteiger charge is -2.36. The summed E-state index contributed by atoms with van der Waals surface area (Å²) >= 11 is 0. The van der Waals surface area contributed by atoms with E-state index < -0.39 is 0 Å². The first-order valence-electron chi connectivity index (χ1n) is 8.21. The average Bonchev–Trinajstić information content (AvgIpc) is 2.50. The van der Waals surface area contributed by atoms with Crippen LogP contribution in [0.3, 0.4) is 0 Å². The van der Waals surface area contributed by atoms with Crippen molar-refractivity contribution < 1.29 is 0 Å². The van der Waals surface area contributed by atoms with Crippen LogP contribution in [0, 0.1) is 13.8 Å². The van der Waals surface area contributed by atoms with Crippen molar-refractivity contribution in [2.75, 3.05) is 13.1 Å². The van der Waals surface area contributed by atoms with Gasteiger partial charge in [0.25, 0.3) is 0 Å². The van der Waals surface area contributed by atoms with E-state index in [0.717, 1.165) is 26.1 Å². The molecule has 2 nitrogen and oxygen atoms in total. The SMILES string of the molecule is Cc1ccc(C2CC(N)CN(Cc3ccccc3)C2)cc1C. The van der Waals surface area contributed by atoms with E-state index in [9.17, 15) is 0 Å². The molecule has 0 amide bonds. The van der Waals surface area contributed by atoms with Gasteiger partial charge in [-0.15, -0.1) is 0 Å². The summed E-state index contributed by atoms with van der Waals surface area (Å²) in [6.45, 7) is 7.47. The highest BCUT2D eigenvalue weighted by Gasteiger charge is 2.26. The van der Waals surface area contributed by atoms with Crippen LogP contribution in [0.15, 0.2) is 48.5 Å². The number of aryl methyl sites for hydroxylation is 2. The van der Waals surface area contributed by atoms with E-state index >= 15 is 0 Å². The summed E-state index contributed by atoms with van der Waals surface area (Å²) in [6, 6.07) is 17.8. The number of rotatable bonds is 3. The van der Waals surface area contributed by atoms with Gasteiger partial charge in [0.2, 0.25) is 0 Å². The molecule has 2 N–H and O–H groups in total. The Morgan fingerprint density at radius 2 is 1.77 bits per heavy atom. The third-order valence-electron chi connectivity index (χ3n) is 4.81. The molecule has 0 aromatic heterocycles. The molecule has 1 aliphatic rings. The maximum Gasteiger partial charge on any atom is 0.0234 e. The molecular formula is C20H26N2. The van der Waals surface area contributed by atoms with Crippen molar-refractivity contribution in [3.05, 3.63) is 70.8 Å². The average molecular weight is 294 g/mol. The first kappa shape index (κ1) is 15.3.